The first-order chi connectivity index (χ1) is 10.2. The number of rotatable bonds is 4. The van der Waals surface area contributed by atoms with E-state index in [0.717, 1.165) is 10.9 Å². The maximum atomic E-state index is 11.3. The molecule has 0 aliphatic heterocycles. The molecule has 0 aliphatic rings. The number of hydrogen-bond donors (Lipinski definition) is 1. The summed E-state index contributed by atoms with van der Waals surface area (Å²) in [6.45, 7) is 0.291. The van der Waals surface area contributed by atoms with Crippen LogP contribution in [-0.2, 0) is 6.61 Å². The summed E-state index contributed by atoms with van der Waals surface area (Å²) in [4.78, 5) is 19.4. The maximum absolute atomic E-state index is 11.3. The standard InChI is InChI=1S/C16H12N2O3/c19-16(20)15-14(21-10-11-4-2-1-3-5-11)8-12-6-7-17-9-13(12)18-15/h1-9H,10H2,(H,19,20). The van der Waals surface area contributed by atoms with Crippen LogP contribution in [-0.4, -0.2) is 21.0 Å². The topological polar surface area (TPSA) is 72.3 Å². The highest BCUT2D eigenvalue weighted by Gasteiger charge is 2.15. The monoisotopic (exact) mass is 280 g/mol. The Morgan fingerprint density at radius 2 is 2.00 bits per heavy atom. The van der Waals surface area contributed by atoms with Crippen molar-refractivity contribution < 1.29 is 14.6 Å². The van der Waals surface area contributed by atoms with Gasteiger partial charge in [0.05, 0.1) is 11.7 Å². The lowest BCUT2D eigenvalue weighted by Crippen LogP contribution is -2.06. The Bertz CT molecular complexity index is 788. The molecule has 0 saturated heterocycles. The predicted molar refractivity (Wildman–Crippen MR) is 77.3 cm³/mol. The highest BCUT2D eigenvalue weighted by molar-refractivity contribution is 5.93. The Labute approximate surface area is 120 Å². The van der Waals surface area contributed by atoms with Gasteiger partial charge in [0, 0.05) is 11.6 Å². The first-order valence-electron chi connectivity index (χ1n) is 6.39. The Hall–Kier alpha value is -2.95. The molecule has 0 aliphatic carbocycles. The van der Waals surface area contributed by atoms with Gasteiger partial charge in [-0.25, -0.2) is 9.78 Å². The van der Waals surface area contributed by atoms with Gasteiger partial charge in [0.25, 0.3) is 0 Å². The molecule has 5 nitrogen and oxygen atoms in total. The number of aromatic nitrogens is 2. The third kappa shape index (κ3) is 2.81. The number of benzene rings is 1. The van der Waals surface area contributed by atoms with Crippen molar-refractivity contribution in [1.29, 1.82) is 0 Å². The van der Waals surface area contributed by atoms with Crippen LogP contribution in [0.5, 0.6) is 5.75 Å². The molecule has 2 aromatic heterocycles. The van der Waals surface area contributed by atoms with Crippen molar-refractivity contribution in [1.82, 2.24) is 9.97 Å². The van der Waals surface area contributed by atoms with Gasteiger partial charge in [-0.3, -0.25) is 4.98 Å². The SMILES string of the molecule is O=C(O)c1nc2cnccc2cc1OCc1ccccc1. The molecule has 3 rings (SSSR count). The van der Waals surface area contributed by atoms with Gasteiger partial charge >= 0.3 is 5.97 Å². The average molecular weight is 280 g/mol. The highest BCUT2D eigenvalue weighted by atomic mass is 16.5. The quantitative estimate of drug-likeness (QED) is 0.795. The van der Waals surface area contributed by atoms with Crippen LogP contribution in [0.1, 0.15) is 16.1 Å². The Balaban J connectivity index is 1.96. The highest BCUT2D eigenvalue weighted by Crippen LogP contribution is 2.23. The van der Waals surface area contributed by atoms with Gasteiger partial charge in [0.15, 0.2) is 11.4 Å². The lowest BCUT2D eigenvalue weighted by atomic mass is 10.2. The van der Waals surface area contributed by atoms with Gasteiger partial charge in [-0.15, -0.1) is 0 Å². The van der Waals surface area contributed by atoms with Crippen LogP contribution in [0, 0.1) is 0 Å². The largest absolute Gasteiger partial charge is 0.486 e. The predicted octanol–water partition coefficient (Wildman–Crippen LogP) is 2.91. The molecule has 0 radical (unpaired) electrons. The summed E-state index contributed by atoms with van der Waals surface area (Å²) in [6.07, 6.45) is 3.16. The van der Waals surface area contributed by atoms with E-state index in [1.54, 1.807) is 18.3 Å². The molecule has 0 atom stereocenters. The molecule has 0 spiro atoms. The number of carboxylic acids is 1. The van der Waals surface area contributed by atoms with Gasteiger partial charge in [-0.05, 0) is 17.7 Å². The summed E-state index contributed by atoms with van der Waals surface area (Å²) in [5.74, 6) is -0.867. The minimum Gasteiger partial charge on any atom is -0.486 e. The summed E-state index contributed by atoms with van der Waals surface area (Å²) >= 11 is 0. The first kappa shape index (κ1) is 13.1. The lowest BCUT2D eigenvalue weighted by molar-refractivity contribution is 0.0685. The normalized spacial score (nSPS) is 10.5. The van der Waals surface area contributed by atoms with Crippen LogP contribution in [0.25, 0.3) is 10.9 Å². The van der Waals surface area contributed by atoms with Crippen molar-refractivity contribution in [3.63, 3.8) is 0 Å². The zero-order valence-corrected chi connectivity index (χ0v) is 11.1. The third-order valence-electron chi connectivity index (χ3n) is 3.02. The summed E-state index contributed by atoms with van der Waals surface area (Å²) < 4.78 is 5.63. The van der Waals surface area contributed by atoms with Crippen LogP contribution >= 0.6 is 0 Å². The molecule has 0 unspecified atom stereocenters. The van der Waals surface area contributed by atoms with Crippen LogP contribution in [0.3, 0.4) is 0 Å². The molecule has 0 saturated carbocycles. The zero-order chi connectivity index (χ0) is 14.7. The Kier molecular flexibility index (Phi) is 3.47. The minimum absolute atomic E-state index is 0.105. The van der Waals surface area contributed by atoms with E-state index in [1.807, 2.05) is 30.3 Å². The van der Waals surface area contributed by atoms with Gasteiger partial charge in [-0.1, -0.05) is 30.3 Å². The van der Waals surface area contributed by atoms with Crippen molar-refractivity contribution in [2.45, 2.75) is 6.61 Å². The van der Waals surface area contributed by atoms with E-state index in [1.165, 1.54) is 6.20 Å². The average Bonchev–Trinajstić information content (AvgIpc) is 2.53. The van der Waals surface area contributed by atoms with Crippen LogP contribution in [0.2, 0.25) is 0 Å². The van der Waals surface area contributed by atoms with E-state index in [-0.39, 0.29) is 11.4 Å². The van der Waals surface area contributed by atoms with Gasteiger partial charge < -0.3 is 9.84 Å². The molecule has 1 aromatic carbocycles. The maximum Gasteiger partial charge on any atom is 0.358 e. The summed E-state index contributed by atoms with van der Waals surface area (Å²) in [7, 11) is 0. The molecule has 0 amide bonds. The second-order valence-electron chi connectivity index (χ2n) is 4.48. The van der Waals surface area contributed by atoms with Crippen molar-refractivity contribution in [2.24, 2.45) is 0 Å². The van der Waals surface area contributed by atoms with Crippen molar-refractivity contribution in [2.75, 3.05) is 0 Å². The Morgan fingerprint density at radius 3 is 2.76 bits per heavy atom. The fourth-order valence-corrected chi connectivity index (χ4v) is 2.00. The molecule has 1 N–H and O–H groups in total. The zero-order valence-electron chi connectivity index (χ0n) is 11.1. The molecule has 5 heteroatoms. The number of aromatic carboxylic acids is 1. The van der Waals surface area contributed by atoms with E-state index in [0.29, 0.717) is 12.1 Å². The molecule has 2 heterocycles. The second-order valence-corrected chi connectivity index (χ2v) is 4.48. The van der Waals surface area contributed by atoms with Crippen molar-refractivity contribution in [3.8, 4) is 5.75 Å². The summed E-state index contributed by atoms with van der Waals surface area (Å²) in [5, 5.41) is 10.0. The smallest absolute Gasteiger partial charge is 0.358 e. The number of carboxylic acid groups (broad SMARTS) is 1. The fraction of sp³-hybridized carbons (Fsp3) is 0.0625. The molecule has 21 heavy (non-hydrogen) atoms. The number of pyridine rings is 2. The molecule has 0 fully saturated rings. The second kappa shape index (κ2) is 5.58. The first-order valence-corrected chi connectivity index (χ1v) is 6.39. The van der Waals surface area contributed by atoms with E-state index >= 15 is 0 Å². The number of carbonyl (C=O) groups is 1. The summed E-state index contributed by atoms with van der Waals surface area (Å²) in [5.41, 5.74) is 1.39. The number of fused-ring (bicyclic) bond motifs is 1. The molecular weight excluding hydrogens is 268 g/mol. The van der Waals surface area contributed by atoms with Gasteiger partial charge in [0.1, 0.15) is 6.61 Å². The number of nitrogens with zero attached hydrogens (tertiary/aromatic N) is 2. The van der Waals surface area contributed by atoms with E-state index in [2.05, 4.69) is 9.97 Å². The molecule has 3 aromatic rings. The Morgan fingerprint density at radius 1 is 1.19 bits per heavy atom. The molecule has 104 valence electrons. The van der Waals surface area contributed by atoms with Gasteiger partial charge in [0.2, 0.25) is 0 Å². The third-order valence-corrected chi connectivity index (χ3v) is 3.02. The van der Waals surface area contributed by atoms with Crippen molar-refractivity contribution in [3.05, 3.63) is 66.1 Å². The molecular formula is C16H12N2O3. The summed E-state index contributed by atoms with van der Waals surface area (Å²) in [6, 6.07) is 13.0. The number of ether oxygens (including phenoxy) is 1. The minimum atomic E-state index is -1.12. The van der Waals surface area contributed by atoms with Crippen LogP contribution in [0.4, 0.5) is 0 Å². The van der Waals surface area contributed by atoms with E-state index in [4.69, 9.17) is 4.74 Å². The molecule has 0 bridgehead atoms. The van der Waals surface area contributed by atoms with E-state index in [9.17, 15) is 9.90 Å². The fourth-order valence-electron chi connectivity index (χ4n) is 2.00. The van der Waals surface area contributed by atoms with Crippen LogP contribution < -0.4 is 4.74 Å². The number of hydrogen-bond acceptors (Lipinski definition) is 4. The van der Waals surface area contributed by atoms with Crippen molar-refractivity contribution >= 4 is 16.9 Å². The van der Waals surface area contributed by atoms with Gasteiger partial charge in [-0.2, -0.15) is 0 Å². The van der Waals surface area contributed by atoms with Crippen LogP contribution in [0.15, 0.2) is 54.9 Å². The lowest BCUT2D eigenvalue weighted by Gasteiger charge is -2.10. The van der Waals surface area contributed by atoms with E-state index < -0.39 is 5.97 Å².